The Balaban J connectivity index is 1.86. The van der Waals surface area contributed by atoms with Crippen LogP contribution in [0.1, 0.15) is 25.7 Å². The number of hydrogen-bond acceptors (Lipinski definition) is 9. The standard InChI is InChI=1S/C21H42N4O6S/c1-23-18-16-32-19(21(18)25-17-26)4-2-3-5-20(27)24-7-9-29-11-13-31-15-14-30-12-10-28-8-6-22/h17-19,21,23H,2-16,22H2,1H3,(H,24,27)(H,25,26)/t18-,19?,21-/m0/s1. The Morgan fingerprint density at radius 3 is 2.22 bits per heavy atom. The van der Waals surface area contributed by atoms with E-state index in [1.165, 1.54) is 0 Å². The van der Waals surface area contributed by atoms with Crippen molar-refractivity contribution in [1.29, 1.82) is 0 Å². The summed E-state index contributed by atoms with van der Waals surface area (Å²) in [7, 11) is 1.92. The minimum atomic E-state index is 0.0483. The Labute approximate surface area is 196 Å². The van der Waals surface area contributed by atoms with E-state index in [-0.39, 0.29) is 11.9 Å². The molecule has 1 aliphatic rings. The van der Waals surface area contributed by atoms with Crippen molar-refractivity contribution in [3.05, 3.63) is 0 Å². The summed E-state index contributed by atoms with van der Waals surface area (Å²) in [4.78, 5) is 22.8. The van der Waals surface area contributed by atoms with Gasteiger partial charge >= 0.3 is 0 Å². The number of thioether (sulfide) groups is 1. The van der Waals surface area contributed by atoms with Crippen LogP contribution >= 0.6 is 11.8 Å². The molecular formula is C21H42N4O6S. The number of hydrogen-bond donors (Lipinski definition) is 4. The molecule has 1 rings (SSSR count). The largest absolute Gasteiger partial charge is 0.378 e. The molecule has 1 aliphatic heterocycles. The monoisotopic (exact) mass is 478 g/mol. The predicted octanol–water partition coefficient (Wildman–Crippen LogP) is -0.494. The van der Waals surface area contributed by atoms with Crippen molar-refractivity contribution < 1.29 is 28.5 Å². The molecule has 0 aromatic rings. The normalized spacial score (nSPS) is 20.4. The maximum Gasteiger partial charge on any atom is 0.220 e. The first-order valence-electron chi connectivity index (χ1n) is 11.5. The first-order valence-corrected chi connectivity index (χ1v) is 12.5. The highest BCUT2D eigenvalue weighted by molar-refractivity contribution is 8.00. The van der Waals surface area contributed by atoms with Gasteiger partial charge in [-0.1, -0.05) is 6.42 Å². The van der Waals surface area contributed by atoms with Crippen LogP contribution in [0.5, 0.6) is 0 Å². The molecule has 0 aromatic carbocycles. The van der Waals surface area contributed by atoms with Crippen LogP contribution < -0.4 is 21.7 Å². The zero-order chi connectivity index (χ0) is 23.3. The van der Waals surface area contributed by atoms with Gasteiger partial charge < -0.3 is 40.6 Å². The second kappa shape index (κ2) is 20.6. The fourth-order valence-corrected chi connectivity index (χ4v) is 4.99. The van der Waals surface area contributed by atoms with Crippen LogP contribution in [0.3, 0.4) is 0 Å². The van der Waals surface area contributed by atoms with Crippen molar-refractivity contribution in [3.63, 3.8) is 0 Å². The van der Waals surface area contributed by atoms with Crippen molar-refractivity contribution in [2.75, 3.05) is 78.7 Å². The quantitative estimate of drug-likeness (QED) is 0.120. The van der Waals surface area contributed by atoms with Crippen LogP contribution in [0.2, 0.25) is 0 Å². The van der Waals surface area contributed by atoms with Gasteiger partial charge in [0, 0.05) is 36.6 Å². The first-order chi connectivity index (χ1) is 15.7. The lowest BCUT2D eigenvalue weighted by Gasteiger charge is -2.22. The molecule has 1 unspecified atom stereocenters. The fourth-order valence-electron chi connectivity index (χ4n) is 3.35. The van der Waals surface area contributed by atoms with Crippen LogP contribution in [0.4, 0.5) is 0 Å². The summed E-state index contributed by atoms with van der Waals surface area (Å²) in [6.45, 7) is 5.13. The maximum atomic E-state index is 11.9. The second-order valence-electron chi connectivity index (χ2n) is 7.41. The van der Waals surface area contributed by atoms with E-state index < -0.39 is 0 Å². The third kappa shape index (κ3) is 14.2. The van der Waals surface area contributed by atoms with E-state index in [9.17, 15) is 9.59 Å². The molecule has 11 heteroatoms. The number of likely N-dealkylation sites (N-methyl/N-ethyl adjacent to an activating group) is 1. The first kappa shape index (κ1) is 29.1. The van der Waals surface area contributed by atoms with Crippen LogP contribution in [-0.4, -0.2) is 108 Å². The number of nitrogens with one attached hydrogen (secondary N) is 3. The Morgan fingerprint density at radius 2 is 1.62 bits per heavy atom. The smallest absolute Gasteiger partial charge is 0.220 e. The minimum Gasteiger partial charge on any atom is -0.378 e. The third-order valence-corrected chi connectivity index (χ3v) is 6.55. The summed E-state index contributed by atoms with van der Waals surface area (Å²) < 4.78 is 21.4. The molecule has 0 bridgehead atoms. The van der Waals surface area contributed by atoms with Crippen LogP contribution in [0.15, 0.2) is 0 Å². The zero-order valence-electron chi connectivity index (χ0n) is 19.4. The van der Waals surface area contributed by atoms with Crippen molar-refractivity contribution in [1.82, 2.24) is 16.0 Å². The Kier molecular flexibility index (Phi) is 18.8. The number of rotatable bonds is 22. The van der Waals surface area contributed by atoms with E-state index >= 15 is 0 Å². The molecule has 0 radical (unpaired) electrons. The molecule has 3 atom stereocenters. The lowest BCUT2D eigenvalue weighted by atomic mass is 10.0. The molecule has 188 valence electrons. The number of ether oxygens (including phenoxy) is 4. The highest BCUT2D eigenvalue weighted by Crippen LogP contribution is 2.31. The third-order valence-electron chi connectivity index (χ3n) is 5.04. The van der Waals surface area contributed by atoms with E-state index in [0.717, 1.165) is 31.4 Å². The van der Waals surface area contributed by atoms with E-state index in [1.54, 1.807) is 0 Å². The molecule has 1 saturated heterocycles. The maximum absolute atomic E-state index is 11.9. The van der Waals surface area contributed by atoms with Crippen molar-refractivity contribution in [2.24, 2.45) is 5.73 Å². The average molecular weight is 479 g/mol. The molecule has 1 heterocycles. The average Bonchev–Trinajstić information content (AvgIpc) is 3.18. The number of amides is 2. The summed E-state index contributed by atoms with van der Waals surface area (Å²) in [6, 6.07) is 0.468. The van der Waals surface area contributed by atoms with Gasteiger partial charge in [0.15, 0.2) is 0 Å². The van der Waals surface area contributed by atoms with E-state index in [4.69, 9.17) is 24.7 Å². The summed E-state index contributed by atoms with van der Waals surface area (Å²) >= 11 is 1.89. The molecular weight excluding hydrogens is 436 g/mol. The molecule has 2 amide bonds. The van der Waals surface area contributed by atoms with Crippen molar-refractivity contribution in [2.45, 2.75) is 43.0 Å². The Morgan fingerprint density at radius 1 is 1.00 bits per heavy atom. The molecule has 0 saturated carbocycles. The predicted molar refractivity (Wildman–Crippen MR) is 126 cm³/mol. The SMILES string of the molecule is CN[C@H]1CSC(CCCCC(=O)NCCOCCOCCOCCOCCN)[C@H]1NC=O. The fraction of sp³-hybridized carbons (Fsp3) is 0.905. The lowest BCUT2D eigenvalue weighted by Crippen LogP contribution is -2.48. The van der Waals surface area contributed by atoms with Gasteiger partial charge in [-0.25, -0.2) is 0 Å². The highest BCUT2D eigenvalue weighted by atomic mass is 32.2. The number of carbonyl (C=O) groups is 2. The van der Waals surface area contributed by atoms with Crippen LogP contribution in [0, 0.1) is 0 Å². The van der Waals surface area contributed by atoms with Crippen molar-refractivity contribution in [3.8, 4) is 0 Å². The zero-order valence-corrected chi connectivity index (χ0v) is 20.2. The summed E-state index contributed by atoms with van der Waals surface area (Å²) in [5.74, 6) is 1.05. The van der Waals surface area contributed by atoms with E-state index in [2.05, 4.69) is 16.0 Å². The van der Waals surface area contributed by atoms with Gasteiger partial charge in [0.05, 0.1) is 58.9 Å². The van der Waals surface area contributed by atoms with Gasteiger partial charge in [-0.2, -0.15) is 11.8 Å². The van der Waals surface area contributed by atoms with Gasteiger partial charge in [-0.3, -0.25) is 9.59 Å². The summed E-state index contributed by atoms with van der Waals surface area (Å²) in [5, 5.41) is 9.47. The Bertz CT molecular complexity index is 478. The highest BCUT2D eigenvalue weighted by Gasteiger charge is 2.35. The van der Waals surface area contributed by atoms with Crippen LogP contribution in [0.25, 0.3) is 0 Å². The van der Waals surface area contributed by atoms with Gasteiger partial charge in [0.25, 0.3) is 0 Å². The number of nitrogens with two attached hydrogens (primary N) is 1. The van der Waals surface area contributed by atoms with Gasteiger partial charge in [-0.05, 0) is 19.9 Å². The molecule has 5 N–H and O–H groups in total. The summed E-state index contributed by atoms with van der Waals surface area (Å²) in [6.07, 6.45) is 4.11. The molecule has 0 aromatic heterocycles. The molecule has 1 fully saturated rings. The molecule has 0 spiro atoms. The second-order valence-corrected chi connectivity index (χ2v) is 8.68. The van der Waals surface area contributed by atoms with Gasteiger partial charge in [-0.15, -0.1) is 0 Å². The summed E-state index contributed by atoms with van der Waals surface area (Å²) in [5.41, 5.74) is 5.32. The number of carbonyl (C=O) groups excluding carboxylic acids is 2. The Hall–Kier alpha value is -0.950. The number of unbranched alkanes of at least 4 members (excludes halogenated alkanes) is 1. The topological polar surface area (TPSA) is 133 Å². The van der Waals surface area contributed by atoms with Crippen LogP contribution in [-0.2, 0) is 28.5 Å². The molecule has 10 nitrogen and oxygen atoms in total. The van der Waals surface area contributed by atoms with Gasteiger partial charge in [0.2, 0.25) is 12.3 Å². The van der Waals surface area contributed by atoms with E-state index in [1.807, 2.05) is 18.8 Å². The van der Waals surface area contributed by atoms with E-state index in [0.29, 0.717) is 83.7 Å². The van der Waals surface area contributed by atoms with Gasteiger partial charge in [0.1, 0.15) is 0 Å². The molecule has 0 aliphatic carbocycles. The van der Waals surface area contributed by atoms with Crippen molar-refractivity contribution >= 4 is 24.1 Å². The minimum absolute atomic E-state index is 0.0483. The lowest BCUT2D eigenvalue weighted by molar-refractivity contribution is -0.121. The molecule has 32 heavy (non-hydrogen) atoms.